The minimum atomic E-state index is -0.148. The van der Waals surface area contributed by atoms with Crippen molar-refractivity contribution in [2.24, 2.45) is 10.9 Å². The molecule has 0 aromatic heterocycles. The second-order valence-corrected chi connectivity index (χ2v) is 7.81. The molecule has 0 spiro atoms. The van der Waals surface area contributed by atoms with Crippen molar-refractivity contribution in [1.82, 2.24) is 15.5 Å². The van der Waals surface area contributed by atoms with E-state index in [0.29, 0.717) is 0 Å². The van der Waals surface area contributed by atoms with E-state index < -0.39 is 0 Å². The molecule has 5 heteroatoms. The maximum atomic E-state index is 13.5. The average Bonchev–Trinajstić information content (AvgIpc) is 3.46. The summed E-state index contributed by atoms with van der Waals surface area (Å²) >= 11 is 0. The van der Waals surface area contributed by atoms with Gasteiger partial charge in [0.2, 0.25) is 0 Å². The molecule has 0 amide bonds. The number of halogens is 1. The first-order chi connectivity index (χ1) is 12.6. The molecule has 0 unspecified atom stereocenters. The molecule has 1 aromatic rings. The van der Waals surface area contributed by atoms with Gasteiger partial charge in [0.05, 0.1) is 0 Å². The van der Waals surface area contributed by atoms with Gasteiger partial charge >= 0.3 is 0 Å². The molecule has 1 aromatic carbocycles. The number of benzene rings is 1. The monoisotopic (exact) mass is 360 g/mol. The molecule has 2 N–H and O–H groups in total. The molecule has 1 saturated heterocycles. The van der Waals surface area contributed by atoms with Gasteiger partial charge < -0.3 is 15.5 Å². The highest BCUT2D eigenvalue weighted by Gasteiger charge is 2.44. The number of aliphatic imine (C=N–C) groups is 1. The van der Waals surface area contributed by atoms with E-state index in [1.807, 2.05) is 19.2 Å². The van der Waals surface area contributed by atoms with Gasteiger partial charge in [-0.15, -0.1) is 0 Å². The molecule has 1 heterocycles. The van der Waals surface area contributed by atoms with Crippen molar-refractivity contribution in [3.8, 4) is 0 Å². The summed E-state index contributed by atoms with van der Waals surface area (Å²) in [4.78, 5) is 6.88. The van der Waals surface area contributed by atoms with Gasteiger partial charge in [0.25, 0.3) is 0 Å². The van der Waals surface area contributed by atoms with Gasteiger partial charge in [-0.3, -0.25) is 4.99 Å². The highest BCUT2D eigenvalue weighted by Crippen LogP contribution is 2.47. The SMILES string of the molecule is CCN1CCC(CCNC(=NC)NCC2(c3cccc(F)c3)CC2)CC1. The molecule has 3 rings (SSSR count). The molecule has 144 valence electrons. The lowest BCUT2D eigenvalue weighted by Gasteiger charge is -2.31. The number of nitrogens with zero attached hydrogens (tertiary/aromatic N) is 2. The maximum absolute atomic E-state index is 13.5. The molecule has 0 bridgehead atoms. The van der Waals surface area contributed by atoms with E-state index in [-0.39, 0.29) is 11.2 Å². The first-order valence-electron chi connectivity index (χ1n) is 10.1. The second-order valence-electron chi connectivity index (χ2n) is 7.81. The van der Waals surface area contributed by atoms with Crippen LogP contribution in [0.5, 0.6) is 0 Å². The van der Waals surface area contributed by atoms with Crippen LogP contribution in [0.25, 0.3) is 0 Å². The van der Waals surface area contributed by atoms with Crippen molar-refractivity contribution >= 4 is 5.96 Å². The summed E-state index contributed by atoms with van der Waals surface area (Å²) in [6.45, 7) is 7.67. The Morgan fingerprint density at radius 2 is 2.04 bits per heavy atom. The largest absolute Gasteiger partial charge is 0.356 e. The number of hydrogen-bond acceptors (Lipinski definition) is 2. The van der Waals surface area contributed by atoms with Gasteiger partial charge in [0.15, 0.2) is 5.96 Å². The number of guanidine groups is 1. The van der Waals surface area contributed by atoms with Crippen molar-refractivity contribution in [3.63, 3.8) is 0 Å². The minimum absolute atomic E-state index is 0.0761. The van der Waals surface area contributed by atoms with E-state index in [1.165, 1.54) is 45.0 Å². The quantitative estimate of drug-likeness (QED) is 0.580. The highest BCUT2D eigenvalue weighted by atomic mass is 19.1. The first-order valence-corrected chi connectivity index (χ1v) is 10.1. The number of rotatable bonds is 7. The molecule has 1 aliphatic carbocycles. The fraction of sp³-hybridized carbons (Fsp3) is 0.667. The van der Waals surface area contributed by atoms with Crippen LogP contribution in [0.3, 0.4) is 0 Å². The van der Waals surface area contributed by atoms with Crippen molar-refractivity contribution < 1.29 is 4.39 Å². The lowest BCUT2D eigenvalue weighted by Crippen LogP contribution is -2.42. The predicted molar refractivity (Wildman–Crippen MR) is 106 cm³/mol. The zero-order chi connectivity index (χ0) is 18.4. The van der Waals surface area contributed by atoms with Crippen LogP contribution in [0.4, 0.5) is 4.39 Å². The summed E-state index contributed by atoms with van der Waals surface area (Å²) in [6.07, 6.45) is 6.04. The Kier molecular flexibility index (Phi) is 6.52. The third kappa shape index (κ3) is 4.97. The lowest BCUT2D eigenvalue weighted by molar-refractivity contribution is 0.187. The first kappa shape index (κ1) is 19.2. The Morgan fingerprint density at radius 1 is 1.27 bits per heavy atom. The van der Waals surface area contributed by atoms with Crippen LogP contribution < -0.4 is 10.6 Å². The third-order valence-electron chi connectivity index (χ3n) is 6.11. The summed E-state index contributed by atoms with van der Waals surface area (Å²) in [5.41, 5.74) is 1.18. The number of likely N-dealkylation sites (tertiary alicyclic amines) is 1. The van der Waals surface area contributed by atoms with E-state index in [1.54, 1.807) is 6.07 Å². The van der Waals surface area contributed by atoms with Crippen LogP contribution in [0.1, 0.15) is 44.6 Å². The Morgan fingerprint density at radius 3 is 2.65 bits per heavy atom. The fourth-order valence-corrected chi connectivity index (χ4v) is 4.00. The Labute approximate surface area is 157 Å². The van der Waals surface area contributed by atoms with Crippen LogP contribution in [0.2, 0.25) is 0 Å². The van der Waals surface area contributed by atoms with E-state index in [0.717, 1.165) is 43.4 Å². The van der Waals surface area contributed by atoms with Crippen molar-refractivity contribution in [3.05, 3.63) is 35.6 Å². The topological polar surface area (TPSA) is 39.7 Å². The predicted octanol–water partition coefficient (Wildman–Crippen LogP) is 3.14. The van der Waals surface area contributed by atoms with E-state index >= 15 is 0 Å². The summed E-state index contributed by atoms with van der Waals surface area (Å²) in [6, 6.07) is 7.03. The number of hydrogen-bond donors (Lipinski definition) is 2. The van der Waals surface area contributed by atoms with Crippen LogP contribution in [-0.2, 0) is 5.41 Å². The fourth-order valence-electron chi connectivity index (χ4n) is 4.00. The zero-order valence-electron chi connectivity index (χ0n) is 16.2. The second kappa shape index (κ2) is 8.85. The van der Waals surface area contributed by atoms with Crippen molar-refractivity contribution in [1.29, 1.82) is 0 Å². The zero-order valence-corrected chi connectivity index (χ0v) is 16.2. The molecular formula is C21H33FN4. The van der Waals surface area contributed by atoms with Gasteiger partial charge in [-0.05, 0) is 75.4 Å². The van der Waals surface area contributed by atoms with Crippen molar-refractivity contribution in [2.75, 3.05) is 39.8 Å². The standard InChI is InChI=1S/C21H33FN4/c1-3-26-13-8-17(9-14-26)7-12-24-20(23-2)25-16-21(10-11-21)18-5-4-6-19(22)15-18/h4-6,15,17H,3,7-14,16H2,1-2H3,(H2,23,24,25). The molecule has 1 saturated carbocycles. The summed E-state index contributed by atoms with van der Waals surface area (Å²) in [7, 11) is 1.82. The van der Waals surface area contributed by atoms with Gasteiger partial charge in [0, 0.05) is 25.6 Å². The Hall–Kier alpha value is -1.62. The molecule has 4 nitrogen and oxygen atoms in total. The molecule has 26 heavy (non-hydrogen) atoms. The van der Waals surface area contributed by atoms with Gasteiger partial charge in [-0.2, -0.15) is 0 Å². The maximum Gasteiger partial charge on any atom is 0.191 e. The molecule has 2 fully saturated rings. The minimum Gasteiger partial charge on any atom is -0.356 e. The van der Waals surface area contributed by atoms with Crippen LogP contribution >= 0.6 is 0 Å². The number of piperidine rings is 1. The van der Waals surface area contributed by atoms with E-state index in [9.17, 15) is 4.39 Å². The molecular weight excluding hydrogens is 327 g/mol. The van der Waals surface area contributed by atoms with Crippen molar-refractivity contribution in [2.45, 2.75) is 44.4 Å². The van der Waals surface area contributed by atoms with Gasteiger partial charge in [-0.1, -0.05) is 19.1 Å². The Balaban J connectivity index is 1.40. The summed E-state index contributed by atoms with van der Waals surface area (Å²) in [5.74, 6) is 1.54. The normalized spacial score (nSPS) is 20.8. The average molecular weight is 361 g/mol. The third-order valence-corrected chi connectivity index (χ3v) is 6.11. The van der Waals surface area contributed by atoms with Gasteiger partial charge in [-0.25, -0.2) is 4.39 Å². The van der Waals surface area contributed by atoms with Crippen LogP contribution in [0, 0.1) is 11.7 Å². The molecule has 1 aliphatic heterocycles. The summed E-state index contributed by atoms with van der Waals surface area (Å²) in [5, 5.41) is 6.91. The lowest BCUT2D eigenvalue weighted by atomic mass is 9.93. The van der Waals surface area contributed by atoms with E-state index in [2.05, 4.69) is 27.4 Å². The van der Waals surface area contributed by atoms with Crippen LogP contribution in [0.15, 0.2) is 29.3 Å². The van der Waals surface area contributed by atoms with Crippen LogP contribution in [-0.4, -0.2) is 50.6 Å². The summed E-state index contributed by atoms with van der Waals surface area (Å²) < 4.78 is 13.5. The molecule has 2 aliphatic rings. The smallest absolute Gasteiger partial charge is 0.191 e. The highest BCUT2D eigenvalue weighted by molar-refractivity contribution is 5.79. The Bertz CT molecular complexity index is 604. The molecule has 0 atom stereocenters. The number of nitrogens with one attached hydrogen (secondary N) is 2. The molecule has 0 radical (unpaired) electrons. The van der Waals surface area contributed by atoms with Gasteiger partial charge in [0.1, 0.15) is 5.82 Å². The van der Waals surface area contributed by atoms with E-state index in [4.69, 9.17) is 0 Å².